The van der Waals surface area contributed by atoms with Gasteiger partial charge >= 0.3 is 29.7 Å². The standard InChI is InChI=1S/C32H34F8O4S/c1-5-6-7-8-21-9-12-24(25(17-21)42-4)27-18-22-10-11-23(19-26(22)45-27)43-15-13-29(33,34)31(37,38)32(39,40)30(35,36)14-16-44-28(41)20(2)3/h9-12,17-19H,2,5-8,13-16H2,1,3-4H3. The van der Waals surface area contributed by atoms with Crippen LogP contribution < -0.4 is 9.47 Å². The van der Waals surface area contributed by atoms with E-state index in [4.69, 9.17) is 9.47 Å². The Balaban J connectivity index is 1.68. The molecule has 0 N–H and O–H groups in total. The highest BCUT2D eigenvalue weighted by molar-refractivity contribution is 7.22. The molecule has 0 aliphatic rings. The fraction of sp³-hybridized carbons (Fsp3) is 0.469. The first-order chi connectivity index (χ1) is 21.0. The van der Waals surface area contributed by atoms with Crippen molar-refractivity contribution in [2.24, 2.45) is 0 Å². The fourth-order valence-electron chi connectivity index (χ4n) is 4.37. The van der Waals surface area contributed by atoms with Crippen LogP contribution in [0.1, 0.15) is 51.5 Å². The summed E-state index contributed by atoms with van der Waals surface area (Å²) in [5.41, 5.74) is 1.70. The van der Waals surface area contributed by atoms with E-state index in [0.29, 0.717) is 10.4 Å². The summed E-state index contributed by atoms with van der Waals surface area (Å²) < 4.78 is 129. The second-order valence-electron chi connectivity index (χ2n) is 10.6. The Morgan fingerprint density at radius 1 is 0.867 bits per heavy atom. The van der Waals surface area contributed by atoms with Gasteiger partial charge in [-0.1, -0.05) is 32.4 Å². The minimum Gasteiger partial charge on any atom is -0.496 e. The van der Waals surface area contributed by atoms with Gasteiger partial charge in [0.05, 0.1) is 33.2 Å². The van der Waals surface area contributed by atoms with Crippen molar-refractivity contribution in [2.75, 3.05) is 20.3 Å². The van der Waals surface area contributed by atoms with E-state index in [1.165, 1.54) is 23.5 Å². The molecule has 1 aromatic heterocycles. The number of alkyl halides is 8. The molecule has 0 amide bonds. The molecule has 0 saturated heterocycles. The van der Waals surface area contributed by atoms with Gasteiger partial charge in [-0.15, -0.1) is 11.3 Å². The van der Waals surface area contributed by atoms with Crippen LogP contribution in [0.4, 0.5) is 35.1 Å². The average molecular weight is 667 g/mol. The van der Waals surface area contributed by atoms with Gasteiger partial charge in [-0.3, -0.25) is 0 Å². The maximum atomic E-state index is 14.4. The zero-order valence-corrected chi connectivity index (χ0v) is 25.8. The molecule has 0 radical (unpaired) electrons. The number of esters is 1. The van der Waals surface area contributed by atoms with Crippen molar-refractivity contribution in [1.82, 2.24) is 0 Å². The number of carbonyl (C=O) groups is 1. The molecule has 45 heavy (non-hydrogen) atoms. The number of ether oxygens (including phenoxy) is 3. The Hall–Kier alpha value is -3.35. The molecule has 1 heterocycles. The third-order valence-corrected chi connectivity index (χ3v) is 8.22. The fourth-order valence-corrected chi connectivity index (χ4v) is 5.49. The highest BCUT2D eigenvalue weighted by atomic mass is 32.1. The van der Waals surface area contributed by atoms with Crippen LogP contribution in [0, 0.1) is 0 Å². The number of benzene rings is 2. The van der Waals surface area contributed by atoms with Crippen molar-refractivity contribution in [1.29, 1.82) is 0 Å². The number of rotatable bonds is 17. The maximum absolute atomic E-state index is 14.4. The number of unbranched alkanes of at least 4 members (excludes halogenated alkanes) is 2. The Morgan fingerprint density at radius 2 is 1.51 bits per heavy atom. The van der Waals surface area contributed by atoms with E-state index in [0.717, 1.165) is 54.0 Å². The van der Waals surface area contributed by atoms with Gasteiger partial charge in [0.1, 0.15) is 11.5 Å². The first kappa shape index (κ1) is 36.1. The Bertz CT molecular complexity index is 1490. The van der Waals surface area contributed by atoms with Gasteiger partial charge in [0.25, 0.3) is 0 Å². The molecule has 248 valence electrons. The van der Waals surface area contributed by atoms with Crippen LogP contribution in [-0.4, -0.2) is 50.0 Å². The molecule has 0 unspecified atom stereocenters. The summed E-state index contributed by atoms with van der Waals surface area (Å²) in [6.07, 6.45) is 0.0895. The predicted octanol–water partition coefficient (Wildman–Crippen LogP) is 10.1. The second kappa shape index (κ2) is 14.4. The molecular formula is C32H34F8O4S. The first-order valence-corrected chi connectivity index (χ1v) is 15.0. The topological polar surface area (TPSA) is 44.8 Å². The van der Waals surface area contributed by atoms with Crippen molar-refractivity contribution in [2.45, 2.75) is 76.1 Å². The summed E-state index contributed by atoms with van der Waals surface area (Å²) in [5.74, 6) is -24.7. The zero-order valence-electron chi connectivity index (χ0n) is 25.0. The summed E-state index contributed by atoms with van der Waals surface area (Å²) >= 11 is 1.33. The van der Waals surface area contributed by atoms with Gasteiger partial charge in [0.15, 0.2) is 0 Å². The lowest BCUT2D eigenvalue weighted by molar-refractivity contribution is -0.368. The number of aryl methyl sites for hydroxylation is 1. The van der Waals surface area contributed by atoms with E-state index in [2.05, 4.69) is 18.2 Å². The summed E-state index contributed by atoms with van der Waals surface area (Å²) in [6.45, 7) is 3.82. The van der Waals surface area contributed by atoms with E-state index in [-0.39, 0.29) is 11.3 Å². The molecule has 3 aromatic rings. The van der Waals surface area contributed by atoms with Crippen LogP contribution in [0.25, 0.3) is 20.5 Å². The molecule has 0 aliphatic heterocycles. The van der Waals surface area contributed by atoms with E-state index in [1.807, 2.05) is 24.3 Å². The average Bonchev–Trinajstić information content (AvgIpc) is 3.40. The molecule has 2 aromatic carbocycles. The van der Waals surface area contributed by atoms with Crippen molar-refractivity contribution in [3.8, 4) is 21.9 Å². The molecule has 4 nitrogen and oxygen atoms in total. The summed E-state index contributed by atoms with van der Waals surface area (Å²) in [7, 11) is 1.56. The summed E-state index contributed by atoms with van der Waals surface area (Å²) in [6, 6.07) is 12.3. The molecule has 0 bridgehead atoms. The summed E-state index contributed by atoms with van der Waals surface area (Å²) in [5, 5.41) is 0.768. The minimum absolute atomic E-state index is 0.00956. The van der Waals surface area contributed by atoms with Gasteiger partial charge in [0.2, 0.25) is 0 Å². The normalized spacial score (nSPS) is 12.8. The third-order valence-electron chi connectivity index (χ3n) is 7.09. The van der Waals surface area contributed by atoms with Crippen molar-refractivity contribution in [3.05, 3.63) is 60.2 Å². The third kappa shape index (κ3) is 8.09. The van der Waals surface area contributed by atoms with Crippen LogP contribution in [0.3, 0.4) is 0 Å². The molecular weight excluding hydrogens is 632 g/mol. The number of carbonyl (C=O) groups excluding carboxylic acids is 1. The van der Waals surface area contributed by atoms with Crippen molar-refractivity contribution in [3.63, 3.8) is 0 Å². The van der Waals surface area contributed by atoms with Crippen LogP contribution in [0.2, 0.25) is 0 Å². The van der Waals surface area contributed by atoms with Crippen LogP contribution in [0.15, 0.2) is 54.6 Å². The smallest absolute Gasteiger partial charge is 0.378 e. The summed E-state index contributed by atoms with van der Waals surface area (Å²) in [4.78, 5) is 12.1. The number of hydrogen-bond donors (Lipinski definition) is 0. The van der Waals surface area contributed by atoms with Crippen LogP contribution in [-0.2, 0) is 16.0 Å². The highest BCUT2D eigenvalue weighted by Gasteiger charge is 2.79. The number of fused-ring (bicyclic) bond motifs is 1. The molecule has 0 fully saturated rings. The van der Waals surface area contributed by atoms with Crippen LogP contribution in [0.5, 0.6) is 11.5 Å². The Morgan fingerprint density at radius 3 is 2.11 bits per heavy atom. The van der Waals surface area contributed by atoms with E-state index in [9.17, 15) is 39.9 Å². The number of methoxy groups -OCH3 is 1. The molecule has 0 aliphatic carbocycles. The monoisotopic (exact) mass is 666 g/mol. The SMILES string of the molecule is C=C(C)C(=O)OCCC(F)(F)C(F)(F)C(F)(F)C(F)(F)CCOc1ccc2cc(-c3ccc(CCCCC)cc3OC)sc2c1. The maximum Gasteiger partial charge on any atom is 0.378 e. The quantitative estimate of drug-likeness (QED) is 0.0623. The van der Waals surface area contributed by atoms with Gasteiger partial charge in [0, 0.05) is 20.7 Å². The van der Waals surface area contributed by atoms with Crippen molar-refractivity contribution >= 4 is 27.4 Å². The van der Waals surface area contributed by atoms with Gasteiger partial charge in [-0.05, 0) is 67.1 Å². The van der Waals surface area contributed by atoms with E-state index >= 15 is 0 Å². The van der Waals surface area contributed by atoms with Crippen molar-refractivity contribution < 1.29 is 54.1 Å². The molecule has 3 rings (SSSR count). The first-order valence-electron chi connectivity index (χ1n) is 14.1. The lowest BCUT2D eigenvalue weighted by Gasteiger charge is -2.36. The highest BCUT2D eigenvalue weighted by Crippen LogP contribution is 2.54. The predicted molar refractivity (Wildman–Crippen MR) is 157 cm³/mol. The molecule has 0 saturated carbocycles. The lowest BCUT2D eigenvalue weighted by atomic mass is 9.95. The minimum atomic E-state index is -6.47. The molecule has 13 heteroatoms. The van der Waals surface area contributed by atoms with E-state index in [1.54, 1.807) is 13.2 Å². The lowest BCUT2D eigenvalue weighted by Crippen LogP contribution is -2.62. The number of hydrogen-bond acceptors (Lipinski definition) is 5. The zero-order chi connectivity index (χ0) is 33.6. The molecule has 0 spiro atoms. The largest absolute Gasteiger partial charge is 0.496 e. The number of thiophene rings is 1. The van der Waals surface area contributed by atoms with Gasteiger partial charge in [-0.2, -0.15) is 35.1 Å². The Kier molecular flexibility index (Phi) is 11.5. The van der Waals surface area contributed by atoms with Crippen LogP contribution >= 0.6 is 11.3 Å². The molecule has 0 atom stereocenters. The van der Waals surface area contributed by atoms with Gasteiger partial charge < -0.3 is 14.2 Å². The van der Waals surface area contributed by atoms with E-state index < -0.39 is 55.7 Å². The second-order valence-corrected chi connectivity index (χ2v) is 11.7. The number of halogens is 8. The van der Waals surface area contributed by atoms with Gasteiger partial charge in [-0.25, -0.2) is 4.79 Å². The Labute approximate surface area is 260 Å².